The molecule has 1 fully saturated rings. The van der Waals surface area contributed by atoms with Gasteiger partial charge in [0, 0.05) is 30.9 Å². The Morgan fingerprint density at radius 2 is 1.95 bits per heavy atom. The van der Waals surface area contributed by atoms with Gasteiger partial charge in [-0.15, -0.1) is 0 Å². The Labute approximate surface area is 252 Å². The van der Waals surface area contributed by atoms with Gasteiger partial charge in [0.05, 0.1) is 28.8 Å². The van der Waals surface area contributed by atoms with Crippen molar-refractivity contribution in [1.82, 2.24) is 20.1 Å². The number of aliphatic hydroxyl groups is 2. The quantitative estimate of drug-likeness (QED) is 0.272. The number of carbonyl (C=O) groups excluding carboxylic acids is 1. The number of hydrogen-bond acceptors (Lipinski definition) is 9. The van der Waals surface area contributed by atoms with Crippen molar-refractivity contribution in [3.8, 4) is 17.0 Å². The lowest BCUT2D eigenvalue weighted by Gasteiger charge is -2.39. The van der Waals surface area contributed by atoms with Crippen molar-refractivity contribution in [2.75, 3.05) is 11.9 Å². The van der Waals surface area contributed by atoms with Crippen LogP contribution in [0.5, 0.6) is 5.75 Å². The number of aryl methyl sites for hydroxylation is 1. The maximum atomic E-state index is 13.3. The predicted octanol–water partition coefficient (Wildman–Crippen LogP) is 4.33. The lowest BCUT2D eigenvalue weighted by molar-refractivity contribution is -0.142. The topological polar surface area (TPSA) is 156 Å². The molecule has 1 amide bonds. The summed E-state index contributed by atoms with van der Waals surface area (Å²) in [6, 6.07) is 1.02. The van der Waals surface area contributed by atoms with E-state index in [9.17, 15) is 37.0 Å². The summed E-state index contributed by atoms with van der Waals surface area (Å²) in [6.07, 6.45) is -4.34. The van der Waals surface area contributed by atoms with Crippen molar-refractivity contribution in [2.45, 2.75) is 90.0 Å². The SMILES string of the molecule is CCn1nc(C(=O)NC[C@@]2(O)CC[C@H](C)C[C@@H]2O)c(Cl)c1-c1cnc(NC(C)(C)CC(F)(F)F)cc1OC(F)F.O=S=O. The van der Waals surface area contributed by atoms with Crippen molar-refractivity contribution in [3.63, 3.8) is 0 Å². The molecule has 2 heterocycles. The number of halogens is 6. The van der Waals surface area contributed by atoms with Crippen LogP contribution in [0.4, 0.5) is 27.8 Å². The Bertz CT molecular complexity index is 1310. The lowest BCUT2D eigenvalue weighted by Crippen LogP contribution is -2.54. The van der Waals surface area contributed by atoms with E-state index in [1.807, 2.05) is 6.92 Å². The number of anilines is 1. The predicted molar refractivity (Wildman–Crippen MR) is 146 cm³/mol. The second-order valence-electron chi connectivity index (χ2n) is 10.8. The Hall–Kier alpha value is -2.89. The lowest BCUT2D eigenvalue weighted by atomic mass is 9.77. The maximum absolute atomic E-state index is 13.3. The van der Waals surface area contributed by atoms with Crippen molar-refractivity contribution in [3.05, 3.63) is 23.0 Å². The normalized spacial score (nSPS) is 20.7. The fourth-order valence-corrected chi connectivity index (χ4v) is 5.07. The standard InChI is InChI=1S/C25H33ClF5N5O4.O2S/c1-5-36-20(18(26)19(35-36)21(38)33-12-24(39)7-6-13(2)8-16(24)37)14-10-32-17(9-15(14)40-22(27)28)34-23(3,4)11-25(29,30)31;1-3-2/h9-10,13,16,22,37,39H,5-8,11-12H2,1-4H3,(H,32,34)(H,33,38);/t13-,16-,24-;/m0./s1. The fourth-order valence-electron chi connectivity index (χ4n) is 4.74. The van der Waals surface area contributed by atoms with Crippen LogP contribution in [-0.2, 0) is 18.1 Å². The molecule has 242 valence electrons. The van der Waals surface area contributed by atoms with Gasteiger partial charge >= 0.3 is 24.4 Å². The molecule has 2 aromatic heterocycles. The van der Waals surface area contributed by atoms with E-state index in [0.29, 0.717) is 12.8 Å². The van der Waals surface area contributed by atoms with E-state index in [-0.39, 0.29) is 53.2 Å². The van der Waals surface area contributed by atoms with Crippen LogP contribution in [0.25, 0.3) is 11.3 Å². The molecule has 2 aromatic rings. The average molecular weight is 662 g/mol. The molecule has 1 aliphatic carbocycles. The zero-order valence-electron chi connectivity index (χ0n) is 23.7. The minimum Gasteiger partial charge on any atom is -0.434 e. The number of amides is 1. The van der Waals surface area contributed by atoms with Crippen LogP contribution in [0.2, 0.25) is 5.02 Å². The zero-order valence-corrected chi connectivity index (χ0v) is 25.2. The van der Waals surface area contributed by atoms with Gasteiger partial charge in [0.15, 0.2) is 5.69 Å². The first-order chi connectivity index (χ1) is 19.9. The second-order valence-corrected chi connectivity index (χ2v) is 11.3. The third-order valence-corrected chi connectivity index (χ3v) is 7.08. The molecule has 1 aliphatic rings. The summed E-state index contributed by atoms with van der Waals surface area (Å²) in [5.74, 6) is -1.15. The highest BCUT2D eigenvalue weighted by atomic mass is 35.5. The summed E-state index contributed by atoms with van der Waals surface area (Å²) < 4.78 is 87.9. The first kappa shape index (κ1) is 36.3. The number of pyridine rings is 1. The Morgan fingerprint density at radius 3 is 2.49 bits per heavy atom. The zero-order chi connectivity index (χ0) is 32.8. The van der Waals surface area contributed by atoms with Gasteiger partial charge in [-0.3, -0.25) is 9.48 Å². The molecule has 4 N–H and O–H groups in total. The number of aromatic nitrogens is 3. The van der Waals surface area contributed by atoms with Gasteiger partial charge in [0.25, 0.3) is 5.91 Å². The first-order valence-corrected chi connectivity index (χ1v) is 14.1. The van der Waals surface area contributed by atoms with Gasteiger partial charge in [-0.1, -0.05) is 18.5 Å². The van der Waals surface area contributed by atoms with E-state index in [1.165, 1.54) is 18.5 Å². The summed E-state index contributed by atoms with van der Waals surface area (Å²) in [4.78, 5) is 17.1. The van der Waals surface area contributed by atoms with Crippen LogP contribution in [0.15, 0.2) is 12.3 Å². The van der Waals surface area contributed by atoms with Crippen molar-refractivity contribution >= 4 is 34.9 Å². The van der Waals surface area contributed by atoms with Crippen LogP contribution in [0.1, 0.15) is 63.9 Å². The second kappa shape index (κ2) is 14.7. The van der Waals surface area contributed by atoms with Gasteiger partial charge in [0.2, 0.25) is 0 Å². The summed E-state index contributed by atoms with van der Waals surface area (Å²) in [5.41, 5.74) is -3.37. The largest absolute Gasteiger partial charge is 0.434 e. The number of nitrogens with one attached hydrogen (secondary N) is 2. The highest BCUT2D eigenvalue weighted by Gasteiger charge is 2.41. The number of rotatable bonds is 10. The highest BCUT2D eigenvalue weighted by molar-refractivity contribution is 7.51. The molecule has 0 aromatic carbocycles. The molecule has 3 rings (SSSR count). The number of hydrogen-bond donors (Lipinski definition) is 4. The molecular formula is C25H33ClF5N5O6S. The summed E-state index contributed by atoms with van der Waals surface area (Å²) >= 11 is 5.75. The smallest absolute Gasteiger partial charge is 0.391 e. The molecule has 1 saturated carbocycles. The Morgan fingerprint density at radius 1 is 1.33 bits per heavy atom. The van der Waals surface area contributed by atoms with Gasteiger partial charge in [0.1, 0.15) is 17.2 Å². The third-order valence-electron chi connectivity index (χ3n) is 6.73. The van der Waals surface area contributed by atoms with E-state index in [4.69, 9.17) is 20.0 Å². The summed E-state index contributed by atoms with van der Waals surface area (Å²) in [5, 5.41) is 30.2. The molecule has 0 saturated heterocycles. The number of aliphatic hydroxyl groups excluding tert-OH is 1. The number of nitrogens with zero attached hydrogens (tertiary/aromatic N) is 3. The average Bonchev–Trinajstić information content (AvgIpc) is 3.20. The molecular weight excluding hydrogens is 629 g/mol. The van der Waals surface area contributed by atoms with E-state index < -0.39 is 59.7 Å². The molecule has 0 unspecified atom stereocenters. The fraction of sp³-hybridized carbons (Fsp3) is 0.640. The number of ether oxygens (including phenoxy) is 1. The molecule has 0 bridgehead atoms. The van der Waals surface area contributed by atoms with Gasteiger partial charge in [-0.05, 0) is 46.0 Å². The van der Waals surface area contributed by atoms with Crippen LogP contribution < -0.4 is 15.4 Å². The van der Waals surface area contributed by atoms with Crippen LogP contribution in [0, 0.1) is 5.92 Å². The van der Waals surface area contributed by atoms with Crippen LogP contribution in [-0.4, -0.2) is 75.9 Å². The van der Waals surface area contributed by atoms with E-state index in [1.54, 1.807) is 6.92 Å². The molecule has 3 atom stereocenters. The van der Waals surface area contributed by atoms with Crippen LogP contribution in [0.3, 0.4) is 0 Å². The third kappa shape index (κ3) is 10.1. The van der Waals surface area contributed by atoms with E-state index in [2.05, 4.69) is 25.5 Å². The molecule has 11 nitrogen and oxygen atoms in total. The molecule has 0 aliphatic heterocycles. The maximum Gasteiger partial charge on any atom is 0.391 e. The van der Waals surface area contributed by atoms with Crippen molar-refractivity contribution in [2.24, 2.45) is 5.92 Å². The van der Waals surface area contributed by atoms with Crippen molar-refractivity contribution in [1.29, 1.82) is 0 Å². The summed E-state index contributed by atoms with van der Waals surface area (Å²) in [7, 11) is 0. The minimum atomic E-state index is -4.49. The van der Waals surface area contributed by atoms with E-state index in [0.717, 1.165) is 12.3 Å². The monoisotopic (exact) mass is 661 g/mol. The Balaban J connectivity index is 0.00000206. The molecule has 0 radical (unpaired) electrons. The molecule has 43 heavy (non-hydrogen) atoms. The van der Waals surface area contributed by atoms with Crippen molar-refractivity contribution < 1.29 is 50.1 Å². The Kier molecular flexibility index (Phi) is 12.4. The van der Waals surface area contributed by atoms with E-state index >= 15 is 0 Å². The van der Waals surface area contributed by atoms with Gasteiger partial charge < -0.3 is 25.6 Å². The van der Waals surface area contributed by atoms with Gasteiger partial charge in [-0.25, -0.2) is 4.98 Å². The molecule has 18 heteroatoms. The highest BCUT2D eigenvalue weighted by Crippen LogP contribution is 2.39. The number of carbonyl (C=O) groups is 1. The van der Waals surface area contributed by atoms with Gasteiger partial charge in [-0.2, -0.15) is 35.5 Å². The number of alkyl halides is 5. The molecule has 0 spiro atoms. The summed E-state index contributed by atoms with van der Waals surface area (Å²) in [6.45, 7) is 2.76. The van der Waals surface area contributed by atoms with Crippen LogP contribution >= 0.6 is 11.6 Å². The first-order valence-electron chi connectivity index (χ1n) is 13.0. The minimum absolute atomic E-state index is 0.0174.